The van der Waals surface area contributed by atoms with E-state index in [0.717, 1.165) is 11.1 Å². The molecular formula is C24H27N3O5S. The molecule has 0 aliphatic carbocycles. The third-order valence-corrected chi connectivity index (χ3v) is 7.72. The molecule has 4 rings (SSSR count). The van der Waals surface area contributed by atoms with Gasteiger partial charge in [0.1, 0.15) is 5.75 Å². The van der Waals surface area contributed by atoms with Crippen LogP contribution < -0.4 is 10.1 Å². The van der Waals surface area contributed by atoms with Gasteiger partial charge < -0.3 is 15.0 Å². The maximum absolute atomic E-state index is 13.1. The van der Waals surface area contributed by atoms with Crippen LogP contribution in [0.5, 0.6) is 5.75 Å². The van der Waals surface area contributed by atoms with Crippen molar-refractivity contribution < 1.29 is 22.7 Å². The molecule has 2 aliphatic heterocycles. The first-order valence-electron chi connectivity index (χ1n) is 10.9. The van der Waals surface area contributed by atoms with E-state index in [-0.39, 0.29) is 29.8 Å². The third kappa shape index (κ3) is 4.94. The van der Waals surface area contributed by atoms with Gasteiger partial charge in [-0.25, -0.2) is 8.42 Å². The van der Waals surface area contributed by atoms with Gasteiger partial charge in [-0.2, -0.15) is 4.31 Å². The lowest BCUT2D eigenvalue weighted by Crippen LogP contribution is -2.50. The Morgan fingerprint density at radius 3 is 2.48 bits per heavy atom. The summed E-state index contributed by atoms with van der Waals surface area (Å²) in [6.45, 7) is 4.85. The number of rotatable bonds is 5. The Hall–Kier alpha value is -3.17. The van der Waals surface area contributed by atoms with Gasteiger partial charge in [-0.05, 0) is 43.2 Å². The highest BCUT2D eigenvalue weighted by Crippen LogP contribution is 2.33. The second kappa shape index (κ2) is 9.36. The molecule has 0 aromatic heterocycles. The summed E-state index contributed by atoms with van der Waals surface area (Å²) in [5.41, 5.74) is 2.43. The number of nitrogens with one attached hydrogen (secondary N) is 1. The van der Waals surface area contributed by atoms with Crippen LogP contribution in [0.15, 0.2) is 53.4 Å². The van der Waals surface area contributed by atoms with Crippen LogP contribution in [0.2, 0.25) is 0 Å². The molecule has 2 aromatic rings. The highest BCUT2D eigenvalue weighted by molar-refractivity contribution is 7.89. The molecule has 2 amide bonds. The maximum atomic E-state index is 13.1. The molecule has 0 bridgehead atoms. The smallest absolute Gasteiger partial charge is 0.265 e. The predicted molar refractivity (Wildman–Crippen MR) is 125 cm³/mol. The maximum Gasteiger partial charge on any atom is 0.265 e. The molecule has 8 nitrogen and oxygen atoms in total. The largest absolute Gasteiger partial charge is 0.478 e. The molecule has 2 heterocycles. The van der Waals surface area contributed by atoms with Gasteiger partial charge in [0, 0.05) is 32.3 Å². The topological polar surface area (TPSA) is 96.0 Å². The van der Waals surface area contributed by atoms with Gasteiger partial charge in [0.2, 0.25) is 15.9 Å². The molecule has 0 spiro atoms. The number of carbonyl (C=O) groups is 2. The fraction of sp³-hybridized carbons (Fsp3) is 0.333. The lowest BCUT2D eigenvalue weighted by Gasteiger charge is -2.33. The monoisotopic (exact) mass is 469 g/mol. The number of amides is 2. The summed E-state index contributed by atoms with van der Waals surface area (Å²) >= 11 is 0. The molecule has 1 fully saturated rings. The van der Waals surface area contributed by atoms with E-state index in [9.17, 15) is 18.0 Å². The zero-order valence-corrected chi connectivity index (χ0v) is 19.5. The van der Waals surface area contributed by atoms with Crippen molar-refractivity contribution in [1.29, 1.82) is 0 Å². The van der Waals surface area contributed by atoms with Crippen LogP contribution in [-0.2, 0) is 19.6 Å². The molecule has 9 heteroatoms. The number of hydrogen-bond donors (Lipinski definition) is 1. The average Bonchev–Trinajstić information content (AvgIpc) is 2.82. The number of sulfonamides is 1. The van der Waals surface area contributed by atoms with Gasteiger partial charge in [0.05, 0.1) is 10.6 Å². The van der Waals surface area contributed by atoms with E-state index in [1.54, 1.807) is 17.0 Å². The summed E-state index contributed by atoms with van der Waals surface area (Å²) in [6, 6.07) is 12.3. The average molecular weight is 470 g/mol. The molecule has 2 aromatic carbocycles. The minimum absolute atomic E-state index is 0.0825. The Labute approximate surface area is 193 Å². The predicted octanol–water partition coefficient (Wildman–Crippen LogP) is 2.65. The van der Waals surface area contributed by atoms with E-state index in [1.807, 2.05) is 38.1 Å². The molecule has 174 valence electrons. The molecule has 1 saturated heterocycles. The summed E-state index contributed by atoms with van der Waals surface area (Å²) in [5, 5.41) is 2.72. The first-order valence-corrected chi connectivity index (χ1v) is 12.4. The zero-order valence-electron chi connectivity index (χ0n) is 18.7. The van der Waals surface area contributed by atoms with Crippen molar-refractivity contribution in [2.24, 2.45) is 0 Å². The van der Waals surface area contributed by atoms with Crippen molar-refractivity contribution in [2.45, 2.75) is 31.3 Å². The molecule has 1 unspecified atom stereocenters. The van der Waals surface area contributed by atoms with Crippen molar-refractivity contribution in [2.75, 3.05) is 31.5 Å². The number of ether oxygens (including phenoxy) is 1. The van der Waals surface area contributed by atoms with E-state index < -0.39 is 16.1 Å². The number of fused-ring (bicyclic) bond motifs is 1. The number of aryl methyl sites for hydroxylation is 1. The summed E-state index contributed by atoms with van der Waals surface area (Å²) in [4.78, 5) is 26.3. The quantitative estimate of drug-likeness (QED) is 0.680. The Balaban J connectivity index is 1.40. The van der Waals surface area contributed by atoms with E-state index >= 15 is 0 Å². The molecule has 1 atom stereocenters. The fourth-order valence-electron chi connectivity index (χ4n) is 3.81. The minimum atomic E-state index is -3.77. The van der Waals surface area contributed by atoms with E-state index in [0.29, 0.717) is 30.9 Å². The lowest BCUT2D eigenvalue weighted by molar-refractivity contribution is -0.127. The normalized spacial score (nSPS) is 19.2. The van der Waals surface area contributed by atoms with Crippen molar-refractivity contribution in [1.82, 2.24) is 9.21 Å². The molecule has 1 N–H and O–H groups in total. The van der Waals surface area contributed by atoms with Gasteiger partial charge >= 0.3 is 0 Å². The van der Waals surface area contributed by atoms with Crippen LogP contribution in [-0.4, -0.2) is 61.7 Å². The third-order valence-electron chi connectivity index (χ3n) is 5.83. The Morgan fingerprint density at radius 1 is 1.12 bits per heavy atom. The Kier molecular flexibility index (Phi) is 6.53. The van der Waals surface area contributed by atoms with Crippen molar-refractivity contribution >= 4 is 33.6 Å². The number of piperazine rings is 1. The number of anilines is 1. The van der Waals surface area contributed by atoms with E-state index in [4.69, 9.17) is 4.74 Å². The molecule has 2 aliphatic rings. The van der Waals surface area contributed by atoms with Gasteiger partial charge in [-0.15, -0.1) is 0 Å². The molecular weight excluding hydrogens is 442 g/mol. The van der Waals surface area contributed by atoms with Gasteiger partial charge in [0.25, 0.3) is 5.91 Å². The number of carbonyl (C=O) groups excluding carboxylic acids is 2. The zero-order chi connectivity index (χ0) is 23.6. The summed E-state index contributed by atoms with van der Waals surface area (Å²) in [5.74, 6) is 0.0216. The molecule has 0 saturated carbocycles. The first-order chi connectivity index (χ1) is 15.8. The lowest BCUT2D eigenvalue weighted by atomic mass is 10.1. The van der Waals surface area contributed by atoms with Crippen molar-refractivity contribution in [3.8, 4) is 5.75 Å². The number of nitrogens with zero attached hydrogens (tertiary/aromatic N) is 2. The van der Waals surface area contributed by atoms with Crippen molar-refractivity contribution in [3.05, 3.63) is 59.7 Å². The highest BCUT2D eigenvalue weighted by atomic mass is 32.2. The highest BCUT2D eigenvalue weighted by Gasteiger charge is 2.32. The Morgan fingerprint density at radius 2 is 1.82 bits per heavy atom. The second-order valence-corrected chi connectivity index (χ2v) is 10.1. The van der Waals surface area contributed by atoms with Gasteiger partial charge in [-0.1, -0.05) is 36.8 Å². The molecule has 33 heavy (non-hydrogen) atoms. The first kappa shape index (κ1) is 23.0. The molecule has 0 radical (unpaired) electrons. The summed E-state index contributed by atoms with van der Waals surface area (Å²) < 4.78 is 33.3. The van der Waals surface area contributed by atoms with Crippen LogP contribution in [0.1, 0.15) is 24.5 Å². The Bertz CT molecular complexity index is 1180. The van der Waals surface area contributed by atoms with Crippen LogP contribution >= 0.6 is 0 Å². The fourth-order valence-corrected chi connectivity index (χ4v) is 5.26. The number of benzene rings is 2. The van der Waals surface area contributed by atoms with Crippen LogP contribution in [0.25, 0.3) is 6.08 Å². The standard InChI is InChI=1S/C24H27N3O5S/c1-3-21-24(29)25-20-16-19(9-10-22(20)32-21)33(30,31)27-14-12-26(13-15-27)23(28)11-8-18-6-4-17(2)5-7-18/h4-11,16,21H,3,12-15H2,1-2H3,(H,25,29)/b11-8+. The van der Waals surface area contributed by atoms with Crippen LogP contribution in [0.3, 0.4) is 0 Å². The summed E-state index contributed by atoms with van der Waals surface area (Å²) in [7, 11) is -3.77. The summed E-state index contributed by atoms with van der Waals surface area (Å²) in [6.07, 6.45) is 3.22. The van der Waals surface area contributed by atoms with Crippen molar-refractivity contribution in [3.63, 3.8) is 0 Å². The van der Waals surface area contributed by atoms with E-state index in [1.165, 1.54) is 22.5 Å². The minimum Gasteiger partial charge on any atom is -0.478 e. The van der Waals surface area contributed by atoms with E-state index in [2.05, 4.69) is 5.32 Å². The number of hydrogen-bond acceptors (Lipinski definition) is 5. The van der Waals surface area contributed by atoms with Gasteiger partial charge in [-0.3, -0.25) is 9.59 Å². The van der Waals surface area contributed by atoms with Crippen LogP contribution in [0.4, 0.5) is 5.69 Å². The SMILES string of the molecule is CCC1Oc2ccc(S(=O)(=O)N3CCN(C(=O)/C=C/c4ccc(C)cc4)CC3)cc2NC1=O. The van der Waals surface area contributed by atoms with Crippen LogP contribution in [0, 0.1) is 6.92 Å². The van der Waals surface area contributed by atoms with Gasteiger partial charge in [0.15, 0.2) is 6.10 Å². The second-order valence-electron chi connectivity index (χ2n) is 8.14.